The number of hydrogen-bond donors (Lipinski definition) is 1. The number of ether oxygens (including phenoxy) is 1. The molecule has 0 saturated heterocycles. The third kappa shape index (κ3) is 4.08. The Morgan fingerprint density at radius 3 is 2.65 bits per heavy atom. The van der Waals surface area contributed by atoms with Crippen LogP contribution in [0.25, 0.3) is 0 Å². The summed E-state index contributed by atoms with van der Waals surface area (Å²) in [6.45, 7) is 4.11. The number of carbonyl (C=O) groups is 1. The van der Waals surface area contributed by atoms with Crippen LogP contribution in [0.3, 0.4) is 0 Å². The molecule has 23 heavy (non-hydrogen) atoms. The lowest BCUT2D eigenvalue weighted by Crippen LogP contribution is -2.41. The summed E-state index contributed by atoms with van der Waals surface area (Å²) in [5, 5.41) is 3.16. The van der Waals surface area contributed by atoms with Crippen LogP contribution in [0, 0.1) is 0 Å². The number of hydrogen-bond acceptors (Lipinski definition) is 3. The van der Waals surface area contributed by atoms with Crippen molar-refractivity contribution >= 4 is 17.7 Å². The first kappa shape index (κ1) is 15.9. The Kier molecular flexibility index (Phi) is 4.62. The normalized spacial score (nSPS) is 18.6. The van der Waals surface area contributed by atoms with Gasteiger partial charge in [-0.1, -0.05) is 36.4 Å². The molecule has 0 aliphatic carbocycles. The molecule has 1 amide bonds. The average molecular weight is 327 g/mol. The van der Waals surface area contributed by atoms with Gasteiger partial charge in [-0.2, -0.15) is 0 Å². The molecular weight excluding hydrogens is 306 g/mol. The van der Waals surface area contributed by atoms with E-state index < -0.39 is 0 Å². The minimum atomic E-state index is -0.279. The van der Waals surface area contributed by atoms with Crippen LogP contribution in [-0.4, -0.2) is 17.3 Å². The Labute approximate surface area is 141 Å². The summed E-state index contributed by atoms with van der Waals surface area (Å²) in [6, 6.07) is 17.9. The Hall–Kier alpha value is -1.94. The molecule has 1 N–H and O–H groups in total. The summed E-state index contributed by atoms with van der Waals surface area (Å²) >= 11 is 1.56. The molecule has 3 rings (SSSR count). The Morgan fingerprint density at radius 2 is 1.87 bits per heavy atom. The Bertz CT molecular complexity index is 685. The van der Waals surface area contributed by atoms with Crippen molar-refractivity contribution in [3.8, 4) is 5.75 Å². The van der Waals surface area contributed by atoms with Crippen LogP contribution >= 0.6 is 11.8 Å². The molecule has 0 bridgehead atoms. The minimum Gasteiger partial charge on any atom is -0.487 e. The van der Waals surface area contributed by atoms with Crippen molar-refractivity contribution in [1.82, 2.24) is 5.32 Å². The van der Waals surface area contributed by atoms with E-state index in [2.05, 4.69) is 19.2 Å². The number of rotatable bonds is 4. The van der Waals surface area contributed by atoms with E-state index >= 15 is 0 Å². The third-order valence-corrected chi connectivity index (χ3v) is 4.84. The highest BCUT2D eigenvalue weighted by Gasteiger charge is 2.34. The van der Waals surface area contributed by atoms with Gasteiger partial charge in [0.2, 0.25) is 5.91 Å². The molecule has 0 spiro atoms. The predicted molar refractivity (Wildman–Crippen MR) is 93.8 cm³/mol. The first-order valence-corrected chi connectivity index (χ1v) is 8.77. The van der Waals surface area contributed by atoms with Crippen molar-refractivity contribution in [1.29, 1.82) is 0 Å². The molecule has 0 saturated carbocycles. The van der Waals surface area contributed by atoms with Crippen molar-refractivity contribution in [2.75, 3.05) is 5.75 Å². The number of benzene rings is 2. The van der Waals surface area contributed by atoms with Gasteiger partial charge in [0, 0.05) is 16.9 Å². The summed E-state index contributed by atoms with van der Waals surface area (Å²) in [6.07, 6.45) is 0.770. The topological polar surface area (TPSA) is 38.3 Å². The summed E-state index contributed by atoms with van der Waals surface area (Å²) in [5.41, 5.74) is 0.781. The van der Waals surface area contributed by atoms with Crippen molar-refractivity contribution in [2.24, 2.45) is 0 Å². The minimum absolute atomic E-state index is 0.00109. The second kappa shape index (κ2) is 6.67. The maximum atomic E-state index is 12.3. The van der Waals surface area contributed by atoms with Gasteiger partial charge in [0.15, 0.2) is 0 Å². The van der Waals surface area contributed by atoms with E-state index in [1.165, 1.54) is 0 Å². The summed E-state index contributed by atoms with van der Waals surface area (Å²) in [5.74, 6) is 1.34. The standard InChI is InChI=1S/C19H21NO2S/c1-19(2)12-16(15-10-6-7-11-17(15)22-19)20-18(21)13-23-14-8-4-3-5-9-14/h3-11,16H,12-13H2,1-2H3,(H,20,21). The lowest BCUT2D eigenvalue weighted by atomic mass is 9.90. The molecule has 1 heterocycles. The first-order chi connectivity index (χ1) is 11.0. The van der Waals surface area contributed by atoms with E-state index in [4.69, 9.17) is 4.74 Å². The fourth-order valence-electron chi connectivity index (χ4n) is 2.83. The number of nitrogens with one attached hydrogen (secondary N) is 1. The molecule has 4 heteroatoms. The zero-order chi connectivity index (χ0) is 16.3. The second-order valence-electron chi connectivity index (χ2n) is 6.33. The van der Waals surface area contributed by atoms with Crippen molar-refractivity contribution in [2.45, 2.75) is 36.8 Å². The highest BCUT2D eigenvalue weighted by atomic mass is 32.2. The highest BCUT2D eigenvalue weighted by molar-refractivity contribution is 8.00. The van der Waals surface area contributed by atoms with Gasteiger partial charge in [0.1, 0.15) is 11.4 Å². The van der Waals surface area contributed by atoms with Gasteiger partial charge in [-0.25, -0.2) is 0 Å². The van der Waals surface area contributed by atoms with Crippen LogP contribution in [-0.2, 0) is 4.79 Å². The van der Waals surface area contributed by atoms with Gasteiger partial charge >= 0.3 is 0 Å². The van der Waals surface area contributed by atoms with Gasteiger partial charge in [0.05, 0.1) is 11.8 Å². The smallest absolute Gasteiger partial charge is 0.230 e. The fourth-order valence-corrected chi connectivity index (χ4v) is 3.56. The second-order valence-corrected chi connectivity index (χ2v) is 7.37. The van der Waals surface area contributed by atoms with Crippen LogP contribution in [0.4, 0.5) is 0 Å². The molecule has 1 atom stereocenters. The molecule has 0 radical (unpaired) electrons. The molecule has 0 aromatic heterocycles. The SMILES string of the molecule is CC1(C)CC(NC(=O)CSc2ccccc2)c2ccccc2O1. The molecule has 2 aromatic rings. The van der Waals surface area contributed by atoms with Crippen molar-refractivity contribution < 1.29 is 9.53 Å². The predicted octanol–water partition coefficient (Wildman–Crippen LogP) is 4.20. The van der Waals surface area contributed by atoms with Crippen LogP contribution in [0.15, 0.2) is 59.5 Å². The first-order valence-electron chi connectivity index (χ1n) is 7.79. The number of amides is 1. The summed E-state index contributed by atoms with van der Waals surface area (Å²) < 4.78 is 6.00. The van der Waals surface area contributed by atoms with Crippen LogP contribution in [0.2, 0.25) is 0 Å². The number of carbonyl (C=O) groups excluding carboxylic acids is 1. The maximum Gasteiger partial charge on any atom is 0.230 e. The molecule has 2 aromatic carbocycles. The van der Waals surface area contributed by atoms with E-state index in [0.29, 0.717) is 5.75 Å². The molecule has 120 valence electrons. The largest absolute Gasteiger partial charge is 0.487 e. The number of para-hydroxylation sites is 1. The molecule has 1 unspecified atom stereocenters. The maximum absolute atomic E-state index is 12.3. The van der Waals surface area contributed by atoms with Gasteiger partial charge < -0.3 is 10.1 Å². The quantitative estimate of drug-likeness (QED) is 0.856. The van der Waals surface area contributed by atoms with Crippen LogP contribution < -0.4 is 10.1 Å². The van der Waals surface area contributed by atoms with E-state index in [1.807, 2.05) is 54.6 Å². The molecule has 0 fully saturated rings. The fraction of sp³-hybridized carbons (Fsp3) is 0.316. The number of thioether (sulfide) groups is 1. The number of fused-ring (bicyclic) bond motifs is 1. The summed E-state index contributed by atoms with van der Waals surface area (Å²) in [4.78, 5) is 13.4. The summed E-state index contributed by atoms with van der Waals surface area (Å²) in [7, 11) is 0. The molecule has 1 aliphatic rings. The van der Waals surface area contributed by atoms with Gasteiger partial charge in [0.25, 0.3) is 0 Å². The third-order valence-electron chi connectivity index (χ3n) is 3.82. The Balaban J connectivity index is 1.66. The van der Waals surface area contributed by atoms with Gasteiger partial charge in [-0.15, -0.1) is 11.8 Å². The monoisotopic (exact) mass is 327 g/mol. The lowest BCUT2D eigenvalue weighted by Gasteiger charge is -2.37. The molecule has 3 nitrogen and oxygen atoms in total. The average Bonchev–Trinajstić information content (AvgIpc) is 2.53. The van der Waals surface area contributed by atoms with Gasteiger partial charge in [-0.05, 0) is 32.0 Å². The van der Waals surface area contributed by atoms with E-state index in [0.717, 1.165) is 22.6 Å². The van der Waals surface area contributed by atoms with E-state index in [9.17, 15) is 4.79 Å². The van der Waals surface area contributed by atoms with Crippen molar-refractivity contribution in [3.05, 3.63) is 60.2 Å². The van der Waals surface area contributed by atoms with Gasteiger partial charge in [-0.3, -0.25) is 4.79 Å². The van der Waals surface area contributed by atoms with Crippen LogP contribution in [0.5, 0.6) is 5.75 Å². The zero-order valence-electron chi connectivity index (χ0n) is 13.4. The highest BCUT2D eigenvalue weighted by Crippen LogP contribution is 2.39. The molecule has 1 aliphatic heterocycles. The van der Waals surface area contributed by atoms with Crippen LogP contribution in [0.1, 0.15) is 31.9 Å². The van der Waals surface area contributed by atoms with E-state index in [-0.39, 0.29) is 17.6 Å². The van der Waals surface area contributed by atoms with E-state index in [1.54, 1.807) is 11.8 Å². The zero-order valence-corrected chi connectivity index (χ0v) is 14.2. The van der Waals surface area contributed by atoms with Crippen molar-refractivity contribution in [3.63, 3.8) is 0 Å². The lowest BCUT2D eigenvalue weighted by molar-refractivity contribution is -0.119. The molecular formula is C19H21NO2S. The Morgan fingerprint density at radius 1 is 1.17 bits per heavy atom.